The van der Waals surface area contributed by atoms with Crippen LogP contribution in [0, 0.1) is 22.2 Å². The number of anilines is 1. The van der Waals surface area contributed by atoms with Crippen molar-refractivity contribution >= 4 is 52.9 Å². The molecule has 0 amide bonds. The number of ether oxygens (including phenoxy) is 1. The fraction of sp³-hybridized carbons (Fsp3) is 0.577. The van der Waals surface area contributed by atoms with Crippen molar-refractivity contribution in [1.29, 1.82) is 5.26 Å². The molecule has 43 heavy (non-hydrogen) atoms. The van der Waals surface area contributed by atoms with Gasteiger partial charge in [0.15, 0.2) is 33.7 Å². The number of carbonyl (C=O) groups is 2. The second-order valence-electron chi connectivity index (χ2n) is 11.5. The van der Waals surface area contributed by atoms with Crippen molar-refractivity contribution in [2.24, 2.45) is 10.8 Å². The maximum Gasteiger partial charge on any atom is 0.475 e. The number of carbonyl (C=O) groups excluding carboxylic acids is 2. The Balaban J connectivity index is 1.74. The summed E-state index contributed by atoms with van der Waals surface area (Å²) in [5, 5.41) is 35.5. The molecule has 14 nitrogen and oxygen atoms in total. The van der Waals surface area contributed by atoms with E-state index < -0.39 is 48.5 Å². The minimum atomic E-state index is -4.36. The summed E-state index contributed by atoms with van der Waals surface area (Å²) in [4.78, 5) is 28.3. The van der Waals surface area contributed by atoms with Gasteiger partial charge in [0.25, 0.3) is 5.60 Å². The van der Waals surface area contributed by atoms with E-state index in [4.69, 9.17) is 24.0 Å². The molecule has 2 aromatic heterocycles. The van der Waals surface area contributed by atoms with Gasteiger partial charge in [-0.2, -0.15) is 10.4 Å². The van der Waals surface area contributed by atoms with Crippen LogP contribution in [0.15, 0.2) is 30.0 Å². The number of aromatic nitrogens is 3. The highest BCUT2D eigenvalue weighted by molar-refractivity contribution is 8.14. The zero-order valence-electron chi connectivity index (χ0n) is 24.7. The van der Waals surface area contributed by atoms with E-state index in [9.17, 15) is 29.6 Å². The Bertz CT molecular complexity index is 1440. The quantitative estimate of drug-likeness (QED) is 0.218. The highest BCUT2D eigenvalue weighted by Crippen LogP contribution is 2.51. The minimum absolute atomic E-state index is 0.0462. The number of nitrogens with two attached hydrogens (primary N) is 1. The Kier molecular flexibility index (Phi) is 11.0. The number of thioether (sulfide) groups is 2. The fourth-order valence-electron chi connectivity index (χ4n) is 3.57. The van der Waals surface area contributed by atoms with Gasteiger partial charge in [-0.25, -0.2) is 14.1 Å². The van der Waals surface area contributed by atoms with E-state index in [2.05, 4.69) is 10.1 Å². The molecule has 0 spiro atoms. The molecule has 4 N–H and O–H groups in total. The number of nitrogens with zero attached hydrogens (tertiary/aromatic N) is 4. The highest BCUT2D eigenvalue weighted by Gasteiger charge is 2.54. The summed E-state index contributed by atoms with van der Waals surface area (Å²) in [7, 11) is -4.36. The molecule has 1 aliphatic heterocycles. The first-order valence-electron chi connectivity index (χ1n) is 13.1. The molecular weight excluding hydrogens is 621 g/mol. The van der Waals surface area contributed by atoms with Crippen LogP contribution in [0.2, 0.25) is 0 Å². The van der Waals surface area contributed by atoms with Crippen LogP contribution in [0.1, 0.15) is 47.2 Å². The first kappa shape index (κ1) is 34.8. The van der Waals surface area contributed by atoms with E-state index in [1.54, 1.807) is 41.5 Å². The number of nitriles is 1. The summed E-state index contributed by atoms with van der Waals surface area (Å²) >= 11 is 1.99. The predicted octanol–water partition coefficient (Wildman–Crippen LogP) is 3.96. The van der Waals surface area contributed by atoms with E-state index in [0.717, 1.165) is 29.9 Å². The van der Waals surface area contributed by atoms with Crippen molar-refractivity contribution in [3.63, 3.8) is 0 Å². The summed E-state index contributed by atoms with van der Waals surface area (Å²) < 4.78 is 36.8. The summed E-state index contributed by atoms with van der Waals surface area (Å²) in [5.74, 6) is -0.716. The van der Waals surface area contributed by atoms with Gasteiger partial charge in [0.05, 0.1) is 13.2 Å². The third kappa shape index (κ3) is 8.10. The summed E-state index contributed by atoms with van der Waals surface area (Å²) in [6, 6.07) is 4.83. The Morgan fingerprint density at radius 2 is 1.67 bits per heavy atom. The number of phosphoric ester groups is 1. The van der Waals surface area contributed by atoms with Gasteiger partial charge in [0, 0.05) is 22.3 Å². The van der Waals surface area contributed by atoms with Crippen molar-refractivity contribution in [3.05, 3.63) is 35.7 Å². The van der Waals surface area contributed by atoms with Gasteiger partial charge < -0.3 is 20.7 Å². The summed E-state index contributed by atoms with van der Waals surface area (Å²) in [6.07, 6.45) is -0.715. The van der Waals surface area contributed by atoms with Gasteiger partial charge in [-0.3, -0.25) is 23.2 Å². The largest absolute Gasteiger partial charge is 0.506 e. The summed E-state index contributed by atoms with van der Waals surface area (Å²) in [6.45, 7) is 9.53. The third-order valence-electron chi connectivity index (χ3n) is 5.95. The second kappa shape index (κ2) is 13.6. The lowest BCUT2D eigenvalue weighted by Gasteiger charge is -2.25. The topological polar surface area (TPSA) is 209 Å². The SMILES string of the molecule is CC(C)(C)C(=O)SCCOP(=O)(OCCSC(=O)C(C)(C)C)OCC1=C(O)[C@@H](O)[C@](C#N)(c2ccc3c(N)ncnn23)O1. The number of rotatable bonds is 12. The molecule has 0 bridgehead atoms. The summed E-state index contributed by atoms with van der Waals surface area (Å²) in [5.41, 5.74) is 2.93. The molecular formula is C26H36N5O9PS2. The Morgan fingerprint density at radius 3 is 2.19 bits per heavy atom. The van der Waals surface area contributed by atoms with Gasteiger partial charge in [0.1, 0.15) is 30.2 Å². The molecule has 2 atom stereocenters. The van der Waals surface area contributed by atoms with Gasteiger partial charge >= 0.3 is 7.82 Å². The average molecular weight is 658 g/mol. The molecule has 2 aromatic rings. The molecule has 0 fully saturated rings. The van der Waals surface area contributed by atoms with Crippen molar-refractivity contribution in [3.8, 4) is 6.07 Å². The van der Waals surface area contributed by atoms with Gasteiger partial charge in [0.2, 0.25) is 0 Å². The Labute approximate surface area is 257 Å². The number of hydrogen-bond donors (Lipinski definition) is 3. The van der Waals surface area contributed by atoms with Gasteiger partial charge in [-0.05, 0) is 12.1 Å². The first-order valence-corrected chi connectivity index (χ1v) is 16.6. The molecule has 0 aliphatic carbocycles. The molecule has 0 radical (unpaired) electrons. The van der Waals surface area contributed by atoms with Gasteiger partial charge in [-0.1, -0.05) is 65.1 Å². The number of hydrogen-bond acceptors (Lipinski definition) is 15. The number of phosphoric acid groups is 1. The third-order valence-corrected chi connectivity index (χ3v) is 9.89. The molecule has 1 aliphatic rings. The van der Waals surface area contributed by atoms with E-state index >= 15 is 0 Å². The predicted molar refractivity (Wildman–Crippen MR) is 161 cm³/mol. The van der Waals surface area contributed by atoms with Crippen LogP contribution in [0.25, 0.3) is 5.52 Å². The second-order valence-corrected chi connectivity index (χ2v) is 15.3. The number of aliphatic hydroxyl groups is 2. The zero-order valence-corrected chi connectivity index (χ0v) is 27.3. The van der Waals surface area contributed by atoms with E-state index in [1.165, 1.54) is 16.6 Å². The van der Waals surface area contributed by atoms with Crippen LogP contribution >= 0.6 is 31.3 Å². The molecule has 0 saturated heterocycles. The van der Waals surface area contributed by atoms with E-state index in [0.29, 0.717) is 5.52 Å². The molecule has 0 saturated carbocycles. The van der Waals surface area contributed by atoms with Crippen LogP contribution in [0.5, 0.6) is 0 Å². The Hall–Kier alpha value is -2.64. The molecule has 236 valence electrons. The Morgan fingerprint density at radius 1 is 1.12 bits per heavy atom. The average Bonchev–Trinajstić information content (AvgIpc) is 3.47. The smallest absolute Gasteiger partial charge is 0.475 e. The molecule has 0 aromatic carbocycles. The lowest BCUT2D eigenvalue weighted by molar-refractivity contribution is -0.118. The monoisotopic (exact) mass is 657 g/mol. The first-order chi connectivity index (χ1) is 19.9. The van der Waals surface area contributed by atoms with Crippen LogP contribution in [0.4, 0.5) is 5.82 Å². The number of fused-ring (bicyclic) bond motifs is 1. The van der Waals surface area contributed by atoms with Crippen molar-refractivity contribution in [2.45, 2.75) is 53.2 Å². The molecule has 3 rings (SSSR count). The lowest BCUT2D eigenvalue weighted by atomic mass is 9.95. The normalized spacial score (nSPS) is 19.4. The maximum atomic E-state index is 13.5. The maximum absolute atomic E-state index is 13.5. The van der Waals surface area contributed by atoms with Crippen molar-refractivity contribution < 1.29 is 42.7 Å². The van der Waals surface area contributed by atoms with Crippen LogP contribution < -0.4 is 5.73 Å². The van der Waals surface area contributed by atoms with Crippen molar-refractivity contribution in [2.75, 3.05) is 37.1 Å². The standard InChI is InChI=1S/C26H36N5O9PS2/c1-24(2,3)22(34)42-11-9-37-41(36,38-10-12-43-23(35)25(4,5)6)39-13-17-19(32)20(33)26(14-27,40-17)18-8-7-16-21(28)29-15-30-31(16)18/h7-8,15,20,32-33H,9-13H2,1-6H3,(H2,28,29,30)/t20-,26+/m1/s1. The van der Waals surface area contributed by atoms with Crippen LogP contribution in [-0.2, 0) is 38.1 Å². The number of nitrogen functional groups attached to an aromatic ring is 1. The highest BCUT2D eigenvalue weighted by atomic mass is 32.2. The lowest BCUT2D eigenvalue weighted by Crippen LogP contribution is -2.38. The minimum Gasteiger partial charge on any atom is -0.506 e. The van der Waals surface area contributed by atoms with Crippen LogP contribution in [0.3, 0.4) is 0 Å². The molecule has 0 unspecified atom stereocenters. The molecule has 3 heterocycles. The number of aliphatic hydroxyl groups excluding tert-OH is 2. The zero-order chi connectivity index (χ0) is 32.2. The van der Waals surface area contributed by atoms with Crippen molar-refractivity contribution in [1.82, 2.24) is 14.6 Å². The molecule has 17 heteroatoms. The fourth-order valence-corrected chi connectivity index (χ4v) is 6.51. The van der Waals surface area contributed by atoms with E-state index in [-0.39, 0.29) is 46.5 Å². The van der Waals surface area contributed by atoms with E-state index in [1.807, 2.05) is 6.07 Å². The van der Waals surface area contributed by atoms with Crippen LogP contribution in [-0.4, -0.2) is 72.5 Å². The van der Waals surface area contributed by atoms with Gasteiger partial charge in [-0.15, -0.1) is 0 Å².